The van der Waals surface area contributed by atoms with Gasteiger partial charge in [0, 0.05) is 19.1 Å². The molecule has 0 aliphatic carbocycles. The summed E-state index contributed by atoms with van der Waals surface area (Å²) in [5.41, 5.74) is 1.56. The van der Waals surface area contributed by atoms with Crippen molar-refractivity contribution < 1.29 is 0 Å². The maximum absolute atomic E-state index is 3.65. The zero-order chi connectivity index (χ0) is 13.9. The molecule has 0 bridgehead atoms. The molecule has 2 atom stereocenters. The Morgan fingerprint density at radius 2 is 2.00 bits per heavy atom. The molecule has 1 aliphatic heterocycles. The van der Waals surface area contributed by atoms with Gasteiger partial charge in [0.1, 0.15) is 0 Å². The molecule has 2 heteroatoms. The molecule has 106 valence electrons. The number of piperazine rings is 1. The zero-order valence-corrected chi connectivity index (χ0v) is 12.8. The molecule has 2 nitrogen and oxygen atoms in total. The van der Waals surface area contributed by atoms with Gasteiger partial charge in [0.25, 0.3) is 0 Å². The Morgan fingerprint density at radius 3 is 2.63 bits per heavy atom. The van der Waals surface area contributed by atoms with Crippen LogP contribution in [0.2, 0.25) is 0 Å². The monoisotopic (exact) mass is 260 g/mol. The highest BCUT2D eigenvalue weighted by atomic mass is 15.3. The largest absolute Gasteiger partial charge is 0.311 e. The highest BCUT2D eigenvalue weighted by Crippen LogP contribution is 2.31. The van der Waals surface area contributed by atoms with E-state index >= 15 is 0 Å². The van der Waals surface area contributed by atoms with Crippen molar-refractivity contribution in [3.05, 3.63) is 35.9 Å². The van der Waals surface area contributed by atoms with Crippen molar-refractivity contribution >= 4 is 0 Å². The molecule has 0 amide bonds. The third-order valence-electron chi connectivity index (χ3n) is 4.36. The Balaban J connectivity index is 2.19. The van der Waals surface area contributed by atoms with Gasteiger partial charge in [-0.25, -0.2) is 0 Å². The van der Waals surface area contributed by atoms with E-state index in [0.717, 1.165) is 19.0 Å². The SMILES string of the molecule is CC(C)CCN1CC(C)NCC1(C)c1ccccc1. The average Bonchev–Trinajstić information content (AvgIpc) is 2.41. The Kier molecular flexibility index (Phi) is 4.64. The van der Waals surface area contributed by atoms with Gasteiger partial charge in [-0.05, 0) is 38.3 Å². The first-order chi connectivity index (χ1) is 9.02. The number of nitrogens with zero attached hydrogens (tertiary/aromatic N) is 1. The lowest BCUT2D eigenvalue weighted by atomic mass is 9.86. The van der Waals surface area contributed by atoms with E-state index in [2.05, 4.69) is 68.2 Å². The fourth-order valence-corrected chi connectivity index (χ4v) is 2.92. The minimum Gasteiger partial charge on any atom is -0.311 e. The number of benzene rings is 1. The van der Waals surface area contributed by atoms with Crippen molar-refractivity contribution in [3.8, 4) is 0 Å². The molecule has 1 heterocycles. The van der Waals surface area contributed by atoms with E-state index in [0.29, 0.717) is 6.04 Å². The van der Waals surface area contributed by atoms with Gasteiger partial charge < -0.3 is 5.32 Å². The third kappa shape index (κ3) is 3.37. The first-order valence-electron chi connectivity index (χ1n) is 7.56. The summed E-state index contributed by atoms with van der Waals surface area (Å²) in [5.74, 6) is 0.769. The predicted molar refractivity (Wildman–Crippen MR) is 82.3 cm³/mol. The number of hydrogen-bond acceptors (Lipinski definition) is 2. The van der Waals surface area contributed by atoms with Crippen molar-refractivity contribution in [2.24, 2.45) is 5.92 Å². The van der Waals surface area contributed by atoms with Gasteiger partial charge >= 0.3 is 0 Å². The van der Waals surface area contributed by atoms with E-state index in [1.165, 1.54) is 18.5 Å². The van der Waals surface area contributed by atoms with Crippen LogP contribution in [0, 0.1) is 5.92 Å². The summed E-state index contributed by atoms with van der Waals surface area (Å²) in [6, 6.07) is 11.5. The minimum absolute atomic E-state index is 0.128. The average molecular weight is 260 g/mol. The molecule has 0 saturated carbocycles. The smallest absolute Gasteiger partial charge is 0.0558 e. The van der Waals surface area contributed by atoms with Gasteiger partial charge in [0.2, 0.25) is 0 Å². The Morgan fingerprint density at radius 1 is 1.32 bits per heavy atom. The van der Waals surface area contributed by atoms with Crippen LogP contribution in [-0.2, 0) is 5.54 Å². The summed E-state index contributed by atoms with van der Waals surface area (Å²) in [5, 5.41) is 3.65. The fraction of sp³-hybridized carbons (Fsp3) is 0.647. The molecule has 1 N–H and O–H groups in total. The van der Waals surface area contributed by atoms with Gasteiger partial charge in [-0.1, -0.05) is 44.2 Å². The molecule has 0 spiro atoms. The highest BCUT2D eigenvalue weighted by molar-refractivity contribution is 5.25. The lowest BCUT2D eigenvalue weighted by molar-refractivity contribution is 0.0493. The van der Waals surface area contributed by atoms with Crippen LogP contribution in [0.15, 0.2) is 30.3 Å². The van der Waals surface area contributed by atoms with E-state index in [-0.39, 0.29) is 5.54 Å². The molecule has 1 aromatic carbocycles. The van der Waals surface area contributed by atoms with Gasteiger partial charge in [-0.2, -0.15) is 0 Å². The standard InChI is InChI=1S/C17H28N2/c1-14(2)10-11-19-12-15(3)18-13-17(19,4)16-8-6-5-7-9-16/h5-9,14-15,18H,10-13H2,1-4H3. The fourth-order valence-electron chi connectivity index (χ4n) is 2.92. The van der Waals surface area contributed by atoms with Crippen LogP contribution in [0.4, 0.5) is 0 Å². The Bertz CT molecular complexity index is 388. The van der Waals surface area contributed by atoms with Gasteiger partial charge in [-0.3, -0.25) is 4.90 Å². The molecular formula is C17H28N2. The molecule has 2 rings (SSSR count). The van der Waals surface area contributed by atoms with Crippen LogP contribution in [0.1, 0.15) is 39.7 Å². The zero-order valence-electron chi connectivity index (χ0n) is 12.8. The summed E-state index contributed by atoms with van der Waals surface area (Å²) in [7, 11) is 0. The molecule has 19 heavy (non-hydrogen) atoms. The van der Waals surface area contributed by atoms with E-state index in [4.69, 9.17) is 0 Å². The molecule has 1 fully saturated rings. The van der Waals surface area contributed by atoms with Crippen LogP contribution < -0.4 is 5.32 Å². The second kappa shape index (κ2) is 6.06. The van der Waals surface area contributed by atoms with Crippen LogP contribution in [-0.4, -0.2) is 30.6 Å². The number of hydrogen-bond donors (Lipinski definition) is 1. The quantitative estimate of drug-likeness (QED) is 0.894. The Labute approximate surface area is 118 Å². The summed E-state index contributed by atoms with van der Waals surface area (Å²) in [6.45, 7) is 12.6. The minimum atomic E-state index is 0.128. The lowest BCUT2D eigenvalue weighted by Crippen LogP contribution is -2.60. The number of nitrogens with one attached hydrogen (secondary N) is 1. The molecule has 0 radical (unpaired) electrons. The van der Waals surface area contributed by atoms with Crippen LogP contribution in [0.3, 0.4) is 0 Å². The van der Waals surface area contributed by atoms with Crippen LogP contribution in [0.25, 0.3) is 0 Å². The van der Waals surface area contributed by atoms with Crippen LogP contribution >= 0.6 is 0 Å². The topological polar surface area (TPSA) is 15.3 Å². The Hall–Kier alpha value is -0.860. The first-order valence-corrected chi connectivity index (χ1v) is 7.56. The van der Waals surface area contributed by atoms with Crippen molar-refractivity contribution in [1.29, 1.82) is 0 Å². The lowest BCUT2D eigenvalue weighted by Gasteiger charge is -2.48. The normalized spacial score (nSPS) is 28.8. The summed E-state index contributed by atoms with van der Waals surface area (Å²) in [4.78, 5) is 2.67. The second-order valence-electron chi connectivity index (χ2n) is 6.55. The van der Waals surface area contributed by atoms with Gasteiger partial charge in [0.15, 0.2) is 0 Å². The van der Waals surface area contributed by atoms with Gasteiger partial charge in [-0.15, -0.1) is 0 Å². The van der Waals surface area contributed by atoms with E-state index < -0.39 is 0 Å². The predicted octanol–water partition coefficient (Wildman–Crippen LogP) is 3.24. The maximum Gasteiger partial charge on any atom is 0.0558 e. The third-order valence-corrected chi connectivity index (χ3v) is 4.36. The first kappa shape index (κ1) is 14.5. The van der Waals surface area contributed by atoms with Gasteiger partial charge in [0.05, 0.1) is 5.54 Å². The van der Waals surface area contributed by atoms with E-state index in [1.54, 1.807) is 0 Å². The van der Waals surface area contributed by atoms with Crippen molar-refractivity contribution in [2.45, 2.75) is 45.7 Å². The summed E-state index contributed by atoms with van der Waals surface area (Å²) in [6.07, 6.45) is 1.27. The van der Waals surface area contributed by atoms with Crippen molar-refractivity contribution in [1.82, 2.24) is 10.2 Å². The molecular weight excluding hydrogens is 232 g/mol. The summed E-state index contributed by atoms with van der Waals surface area (Å²) < 4.78 is 0. The summed E-state index contributed by atoms with van der Waals surface area (Å²) >= 11 is 0. The molecule has 2 unspecified atom stereocenters. The number of rotatable bonds is 4. The highest BCUT2D eigenvalue weighted by Gasteiger charge is 2.37. The molecule has 1 aliphatic rings. The molecule has 0 aromatic heterocycles. The molecule has 1 saturated heterocycles. The second-order valence-corrected chi connectivity index (χ2v) is 6.55. The van der Waals surface area contributed by atoms with E-state index in [9.17, 15) is 0 Å². The van der Waals surface area contributed by atoms with Crippen molar-refractivity contribution in [3.63, 3.8) is 0 Å². The van der Waals surface area contributed by atoms with Crippen molar-refractivity contribution in [2.75, 3.05) is 19.6 Å². The van der Waals surface area contributed by atoms with Crippen LogP contribution in [0.5, 0.6) is 0 Å². The maximum atomic E-state index is 3.65. The van der Waals surface area contributed by atoms with E-state index in [1.807, 2.05) is 0 Å². The molecule has 1 aromatic rings.